The van der Waals surface area contributed by atoms with Gasteiger partial charge in [-0.3, -0.25) is 14.4 Å². The lowest BCUT2D eigenvalue weighted by molar-refractivity contribution is -0.134. The van der Waals surface area contributed by atoms with E-state index < -0.39 is 35.6 Å². The molecule has 1 aliphatic rings. The number of aromatic amines is 1. The molecule has 49 heavy (non-hydrogen) atoms. The van der Waals surface area contributed by atoms with E-state index >= 15 is 0 Å². The fourth-order valence-corrected chi connectivity index (χ4v) is 6.03. The predicted molar refractivity (Wildman–Crippen MR) is 186 cm³/mol. The Hall–Kier alpha value is -5.54. The predicted octanol–water partition coefficient (Wildman–Crippen LogP) is 6.04. The molecule has 6 rings (SSSR count). The third kappa shape index (κ3) is 8.49. The van der Waals surface area contributed by atoms with Crippen molar-refractivity contribution in [1.29, 1.82) is 0 Å². The first-order valence-corrected chi connectivity index (χ1v) is 16.4. The van der Waals surface area contributed by atoms with E-state index in [-0.39, 0.29) is 44.0 Å². The summed E-state index contributed by atoms with van der Waals surface area (Å²) in [5.41, 5.74) is 3.06. The molecule has 0 aliphatic carbocycles. The van der Waals surface area contributed by atoms with Crippen molar-refractivity contribution < 1.29 is 28.7 Å². The van der Waals surface area contributed by atoms with Gasteiger partial charge in [0.1, 0.15) is 18.2 Å². The van der Waals surface area contributed by atoms with E-state index in [1.54, 1.807) is 31.2 Å². The second-order valence-electron chi connectivity index (χ2n) is 12.6. The standard InChI is InChI=1S/C40H39N3O6/c1-40(26-49-40)37(45)34(21-27-13-5-2-6-14-27)42-38(46)30(22-31-24-41-33-20-12-11-19-32(31)33)23-35(44)36(29-17-9-4-10-18-29)43-39(47)48-25-28-15-7-3-8-16-28/h2-20,24,30,34,36,41H,21-23,25-26H2,1H3,(H,42,46)(H,43,47)/t30-,34+,36+,40?/m1/s1. The summed E-state index contributed by atoms with van der Waals surface area (Å²) < 4.78 is 10.9. The Kier molecular flexibility index (Phi) is 10.3. The molecule has 1 aliphatic heterocycles. The fraction of sp³-hybridized carbons (Fsp3) is 0.250. The van der Waals surface area contributed by atoms with Crippen LogP contribution in [0.1, 0.15) is 41.6 Å². The number of benzene rings is 4. The highest BCUT2D eigenvalue weighted by molar-refractivity contribution is 5.98. The number of hydrogen-bond donors (Lipinski definition) is 3. The van der Waals surface area contributed by atoms with Crippen molar-refractivity contribution in [2.24, 2.45) is 5.92 Å². The van der Waals surface area contributed by atoms with Crippen LogP contribution >= 0.6 is 0 Å². The Morgan fingerprint density at radius 3 is 2.08 bits per heavy atom. The fourth-order valence-electron chi connectivity index (χ4n) is 6.03. The lowest BCUT2D eigenvalue weighted by Crippen LogP contribution is -2.50. The molecule has 0 saturated carbocycles. The number of Topliss-reactive ketones (excluding diaryl/α,β-unsaturated/α-hetero) is 2. The van der Waals surface area contributed by atoms with Gasteiger partial charge in [0.25, 0.3) is 0 Å². The van der Waals surface area contributed by atoms with Crippen molar-refractivity contribution >= 4 is 34.5 Å². The monoisotopic (exact) mass is 657 g/mol. The smallest absolute Gasteiger partial charge is 0.408 e. The van der Waals surface area contributed by atoms with E-state index in [4.69, 9.17) is 9.47 Å². The van der Waals surface area contributed by atoms with E-state index in [0.717, 1.165) is 27.6 Å². The molecule has 1 saturated heterocycles. The highest BCUT2D eigenvalue weighted by atomic mass is 16.6. The molecular formula is C40H39N3O6. The summed E-state index contributed by atoms with van der Waals surface area (Å²) in [6.45, 7) is 2.04. The summed E-state index contributed by atoms with van der Waals surface area (Å²) in [5, 5.41) is 6.67. The summed E-state index contributed by atoms with van der Waals surface area (Å²) >= 11 is 0. The zero-order chi connectivity index (χ0) is 34.2. The number of carbonyl (C=O) groups is 4. The summed E-state index contributed by atoms with van der Waals surface area (Å²) in [6, 6.07) is 33.4. The molecule has 9 nitrogen and oxygen atoms in total. The van der Waals surface area contributed by atoms with Crippen LogP contribution in [0.3, 0.4) is 0 Å². The van der Waals surface area contributed by atoms with Crippen LogP contribution < -0.4 is 10.6 Å². The van der Waals surface area contributed by atoms with E-state index in [2.05, 4.69) is 15.6 Å². The molecule has 4 aromatic carbocycles. The summed E-state index contributed by atoms with van der Waals surface area (Å²) in [4.78, 5) is 58.3. The lowest BCUT2D eigenvalue weighted by Gasteiger charge is -2.25. The zero-order valence-electron chi connectivity index (χ0n) is 27.3. The largest absolute Gasteiger partial charge is 0.445 e. The minimum absolute atomic E-state index is 0.0352. The van der Waals surface area contributed by atoms with Gasteiger partial charge in [-0.2, -0.15) is 0 Å². The van der Waals surface area contributed by atoms with Crippen molar-refractivity contribution in [2.75, 3.05) is 6.61 Å². The number of alkyl carbamates (subject to hydrolysis) is 1. The van der Waals surface area contributed by atoms with Crippen molar-refractivity contribution in [3.05, 3.63) is 144 Å². The second-order valence-corrected chi connectivity index (χ2v) is 12.6. The molecule has 2 heterocycles. The average molecular weight is 658 g/mol. The van der Waals surface area contributed by atoms with E-state index in [1.165, 1.54) is 0 Å². The first kappa shape index (κ1) is 33.4. The number of H-pyrrole nitrogens is 1. The maximum Gasteiger partial charge on any atom is 0.408 e. The van der Waals surface area contributed by atoms with E-state index in [0.29, 0.717) is 5.56 Å². The van der Waals surface area contributed by atoms with Gasteiger partial charge < -0.3 is 25.1 Å². The Morgan fingerprint density at radius 1 is 0.796 bits per heavy atom. The highest BCUT2D eigenvalue weighted by Crippen LogP contribution is 2.30. The quantitative estimate of drug-likeness (QED) is 0.118. The minimum atomic E-state index is -1.07. The SMILES string of the molecule is CC1(C(=O)[C@H](Cc2ccccc2)NC(=O)[C@@H](CC(=O)[C@@H](NC(=O)OCc2ccccc2)c2ccccc2)Cc2c[nH]c3ccccc23)CO1. The third-order valence-electron chi connectivity index (χ3n) is 8.90. The van der Waals surface area contributed by atoms with Gasteiger partial charge in [0, 0.05) is 29.4 Å². The Balaban J connectivity index is 1.26. The zero-order valence-corrected chi connectivity index (χ0v) is 27.3. The van der Waals surface area contributed by atoms with E-state index in [1.807, 2.05) is 97.2 Å². The molecule has 0 spiro atoms. The molecule has 2 amide bonds. The number of aromatic nitrogens is 1. The van der Waals surface area contributed by atoms with Gasteiger partial charge in [-0.25, -0.2) is 4.79 Å². The summed E-state index contributed by atoms with van der Waals surface area (Å²) in [7, 11) is 0. The van der Waals surface area contributed by atoms with Gasteiger partial charge in [0.15, 0.2) is 11.6 Å². The Bertz CT molecular complexity index is 1900. The topological polar surface area (TPSA) is 130 Å². The van der Waals surface area contributed by atoms with Crippen molar-refractivity contribution in [3.8, 4) is 0 Å². The Labute approximate surface area is 285 Å². The first-order chi connectivity index (χ1) is 23.8. The molecule has 3 N–H and O–H groups in total. The molecule has 1 aromatic heterocycles. The molecule has 1 fully saturated rings. The maximum absolute atomic E-state index is 14.3. The van der Waals surface area contributed by atoms with Gasteiger partial charge >= 0.3 is 6.09 Å². The molecule has 9 heteroatoms. The number of rotatable bonds is 15. The third-order valence-corrected chi connectivity index (χ3v) is 8.90. The van der Waals surface area contributed by atoms with Crippen LogP contribution in [0, 0.1) is 5.92 Å². The van der Waals surface area contributed by atoms with Crippen LogP contribution in [0.4, 0.5) is 4.79 Å². The van der Waals surface area contributed by atoms with Gasteiger partial charge in [0.05, 0.1) is 12.6 Å². The molecule has 5 aromatic rings. The van der Waals surface area contributed by atoms with Crippen LogP contribution in [0.15, 0.2) is 121 Å². The lowest BCUT2D eigenvalue weighted by atomic mass is 9.88. The minimum Gasteiger partial charge on any atom is -0.445 e. The van der Waals surface area contributed by atoms with Gasteiger partial charge in [-0.15, -0.1) is 0 Å². The molecule has 1 unspecified atom stereocenters. The van der Waals surface area contributed by atoms with Gasteiger partial charge in [0.2, 0.25) is 5.91 Å². The number of carbonyl (C=O) groups excluding carboxylic acids is 4. The molecule has 4 atom stereocenters. The molecule has 0 radical (unpaired) electrons. The highest BCUT2D eigenvalue weighted by Gasteiger charge is 2.50. The van der Waals surface area contributed by atoms with Crippen molar-refractivity contribution in [1.82, 2.24) is 15.6 Å². The average Bonchev–Trinajstić information content (AvgIpc) is 3.76. The number of hydrogen-bond acceptors (Lipinski definition) is 6. The van der Waals surface area contributed by atoms with Crippen LogP contribution in [0.25, 0.3) is 10.9 Å². The Morgan fingerprint density at radius 2 is 1.41 bits per heavy atom. The van der Waals surface area contributed by atoms with Gasteiger partial charge in [-0.1, -0.05) is 109 Å². The second kappa shape index (κ2) is 15.1. The van der Waals surface area contributed by atoms with Crippen molar-refractivity contribution in [3.63, 3.8) is 0 Å². The molecular weight excluding hydrogens is 618 g/mol. The van der Waals surface area contributed by atoms with Crippen LogP contribution in [0.5, 0.6) is 0 Å². The normalized spacial score (nSPS) is 17.0. The maximum atomic E-state index is 14.3. The summed E-state index contributed by atoms with van der Waals surface area (Å²) in [5.74, 6) is -1.88. The van der Waals surface area contributed by atoms with E-state index in [9.17, 15) is 19.2 Å². The van der Waals surface area contributed by atoms with Crippen LogP contribution in [-0.4, -0.2) is 46.8 Å². The molecule has 0 bridgehead atoms. The first-order valence-electron chi connectivity index (χ1n) is 16.4. The number of fused-ring (bicyclic) bond motifs is 1. The van der Waals surface area contributed by atoms with Gasteiger partial charge in [-0.05, 0) is 48.1 Å². The number of epoxide rings is 1. The van der Waals surface area contributed by atoms with Crippen LogP contribution in [-0.2, 0) is 43.3 Å². The number of para-hydroxylation sites is 1. The number of nitrogens with one attached hydrogen (secondary N) is 3. The molecule has 250 valence electrons. The van der Waals surface area contributed by atoms with Crippen LogP contribution in [0.2, 0.25) is 0 Å². The number of ether oxygens (including phenoxy) is 2. The number of ketones is 2. The van der Waals surface area contributed by atoms with Crippen molar-refractivity contribution in [2.45, 2.75) is 50.5 Å². The number of amides is 2. The summed E-state index contributed by atoms with van der Waals surface area (Å²) in [6.07, 6.45) is 1.38.